The van der Waals surface area contributed by atoms with Crippen molar-refractivity contribution in [2.75, 3.05) is 30.6 Å². The molecule has 1 aliphatic rings. The van der Waals surface area contributed by atoms with Gasteiger partial charge in [0.05, 0.1) is 10.6 Å². The van der Waals surface area contributed by atoms with Gasteiger partial charge in [0.1, 0.15) is 25.6 Å². The second-order valence-corrected chi connectivity index (χ2v) is 7.75. The van der Waals surface area contributed by atoms with Gasteiger partial charge in [-0.05, 0) is 30.3 Å². The molecule has 0 fully saturated rings. The average molecular weight is 406 g/mol. The van der Waals surface area contributed by atoms with Crippen LogP contribution in [0.25, 0.3) is 0 Å². The van der Waals surface area contributed by atoms with Crippen LogP contribution in [0.4, 0.5) is 10.1 Å². The van der Waals surface area contributed by atoms with Crippen LogP contribution in [0, 0.1) is 5.82 Å². The van der Waals surface area contributed by atoms with Crippen molar-refractivity contribution in [2.45, 2.75) is 4.90 Å². The molecule has 0 unspecified atom stereocenters. The Morgan fingerprint density at radius 2 is 1.93 bits per heavy atom. The third kappa shape index (κ3) is 4.25. The molecule has 0 spiro atoms. The van der Waals surface area contributed by atoms with Gasteiger partial charge in [0.2, 0.25) is 5.91 Å². The number of carbonyl (C=O) groups excluding carboxylic acids is 1. The lowest BCUT2D eigenvalue weighted by Crippen LogP contribution is -2.41. The second kappa shape index (κ2) is 8.30. The predicted octanol–water partition coefficient (Wildman–Crippen LogP) is 2.09. The first kappa shape index (κ1) is 19.7. The van der Waals surface area contributed by atoms with E-state index < -0.39 is 28.3 Å². The number of fused-ring (bicyclic) bond motifs is 1. The first-order valence-corrected chi connectivity index (χ1v) is 9.91. The zero-order valence-corrected chi connectivity index (χ0v) is 15.7. The molecule has 1 heterocycles. The highest BCUT2D eigenvalue weighted by Gasteiger charge is 2.29. The minimum atomic E-state index is -4.18. The lowest BCUT2D eigenvalue weighted by atomic mass is 10.3. The molecule has 0 saturated carbocycles. The molecule has 7 nitrogen and oxygen atoms in total. The van der Waals surface area contributed by atoms with Crippen LogP contribution in [0.5, 0.6) is 11.5 Å². The minimum Gasteiger partial charge on any atom is -0.486 e. The SMILES string of the molecule is C=CCNC(=O)CN(c1cccc(F)c1)S(=O)(=O)c1ccc2c(c1)OCCO2. The van der Waals surface area contributed by atoms with E-state index in [1.165, 1.54) is 42.5 Å². The molecule has 0 atom stereocenters. The molecule has 9 heteroatoms. The number of carbonyl (C=O) groups is 1. The van der Waals surface area contributed by atoms with Crippen molar-refractivity contribution in [3.8, 4) is 11.5 Å². The van der Waals surface area contributed by atoms with Crippen LogP contribution < -0.4 is 19.1 Å². The van der Waals surface area contributed by atoms with Crippen molar-refractivity contribution < 1.29 is 27.1 Å². The minimum absolute atomic E-state index is 0.0312. The van der Waals surface area contributed by atoms with Crippen molar-refractivity contribution >= 4 is 21.6 Å². The fourth-order valence-corrected chi connectivity index (χ4v) is 4.06. The first-order valence-electron chi connectivity index (χ1n) is 8.47. The standard InChI is InChI=1S/C19H19FN2O5S/c1-2-8-21-19(23)13-22(15-5-3-4-14(20)11-15)28(24,25)16-6-7-17-18(12-16)27-10-9-26-17/h2-7,11-12H,1,8-10,13H2,(H,21,23). The van der Waals surface area contributed by atoms with Crippen LogP contribution in [0.1, 0.15) is 0 Å². The second-order valence-electron chi connectivity index (χ2n) is 5.89. The molecule has 0 saturated heterocycles. The smallest absolute Gasteiger partial charge is 0.264 e. The van der Waals surface area contributed by atoms with E-state index in [9.17, 15) is 17.6 Å². The van der Waals surface area contributed by atoms with Gasteiger partial charge in [-0.15, -0.1) is 6.58 Å². The number of benzene rings is 2. The highest BCUT2D eigenvalue weighted by atomic mass is 32.2. The number of halogens is 1. The van der Waals surface area contributed by atoms with Crippen molar-refractivity contribution in [1.82, 2.24) is 5.32 Å². The van der Waals surface area contributed by atoms with Crippen LogP contribution in [-0.4, -0.2) is 40.6 Å². The van der Waals surface area contributed by atoms with E-state index >= 15 is 0 Å². The third-order valence-corrected chi connectivity index (χ3v) is 5.70. The summed E-state index contributed by atoms with van der Waals surface area (Å²) >= 11 is 0. The topological polar surface area (TPSA) is 84.9 Å². The average Bonchev–Trinajstić information content (AvgIpc) is 2.70. The molecule has 1 amide bonds. The molecule has 2 aromatic rings. The molecule has 0 aliphatic carbocycles. The zero-order chi connectivity index (χ0) is 20.1. The van der Waals surface area contributed by atoms with Crippen LogP contribution in [0.15, 0.2) is 60.0 Å². The van der Waals surface area contributed by atoms with E-state index in [1.54, 1.807) is 0 Å². The maximum Gasteiger partial charge on any atom is 0.264 e. The van der Waals surface area contributed by atoms with E-state index in [0.717, 1.165) is 10.4 Å². The lowest BCUT2D eigenvalue weighted by molar-refractivity contribution is -0.119. The van der Waals surface area contributed by atoms with Gasteiger partial charge in [0, 0.05) is 12.6 Å². The van der Waals surface area contributed by atoms with Crippen molar-refractivity contribution in [2.24, 2.45) is 0 Å². The monoisotopic (exact) mass is 406 g/mol. The quantitative estimate of drug-likeness (QED) is 0.712. The summed E-state index contributed by atoms with van der Waals surface area (Å²) in [6.07, 6.45) is 1.47. The van der Waals surface area contributed by atoms with Gasteiger partial charge in [-0.3, -0.25) is 9.10 Å². The zero-order valence-electron chi connectivity index (χ0n) is 14.9. The van der Waals surface area contributed by atoms with Gasteiger partial charge < -0.3 is 14.8 Å². The molecule has 2 aromatic carbocycles. The summed E-state index contributed by atoms with van der Waals surface area (Å²) in [6.45, 7) is 3.83. The molecule has 0 aromatic heterocycles. The maximum absolute atomic E-state index is 13.7. The van der Waals surface area contributed by atoms with E-state index in [-0.39, 0.29) is 17.1 Å². The molecule has 0 bridgehead atoms. The van der Waals surface area contributed by atoms with E-state index in [4.69, 9.17) is 9.47 Å². The van der Waals surface area contributed by atoms with Crippen molar-refractivity contribution in [3.63, 3.8) is 0 Å². The predicted molar refractivity (Wildman–Crippen MR) is 102 cm³/mol. The van der Waals surface area contributed by atoms with Crippen LogP contribution in [0.2, 0.25) is 0 Å². The van der Waals surface area contributed by atoms with Crippen LogP contribution >= 0.6 is 0 Å². The fraction of sp³-hybridized carbons (Fsp3) is 0.211. The lowest BCUT2D eigenvalue weighted by Gasteiger charge is -2.25. The Bertz CT molecular complexity index is 994. The van der Waals surface area contributed by atoms with Crippen molar-refractivity contribution in [3.05, 3.63) is 60.9 Å². The Balaban J connectivity index is 2.00. The molecular weight excluding hydrogens is 387 g/mol. The van der Waals surface area contributed by atoms with Crippen LogP contribution in [-0.2, 0) is 14.8 Å². The first-order chi connectivity index (χ1) is 13.4. The van der Waals surface area contributed by atoms with Crippen LogP contribution in [0.3, 0.4) is 0 Å². The summed E-state index contributed by atoms with van der Waals surface area (Å²) in [5, 5.41) is 2.52. The molecule has 1 N–H and O–H groups in total. The molecule has 148 valence electrons. The van der Waals surface area contributed by atoms with Gasteiger partial charge in [-0.25, -0.2) is 12.8 Å². The Morgan fingerprint density at radius 1 is 1.18 bits per heavy atom. The third-order valence-electron chi connectivity index (χ3n) is 3.93. The number of nitrogens with zero attached hydrogens (tertiary/aromatic N) is 1. The van der Waals surface area contributed by atoms with Gasteiger partial charge in [-0.1, -0.05) is 12.1 Å². The summed E-state index contributed by atoms with van der Waals surface area (Å²) in [7, 11) is -4.18. The normalized spacial score (nSPS) is 12.9. The number of anilines is 1. The largest absolute Gasteiger partial charge is 0.486 e. The number of ether oxygens (including phenoxy) is 2. The van der Waals surface area contributed by atoms with Gasteiger partial charge >= 0.3 is 0 Å². The van der Waals surface area contributed by atoms with Gasteiger partial charge in [-0.2, -0.15) is 0 Å². The molecule has 28 heavy (non-hydrogen) atoms. The van der Waals surface area contributed by atoms with Gasteiger partial charge in [0.15, 0.2) is 11.5 Å². The summed E-state index contributed by atoms with van der Waals surface area (Å²) in [4.78, 5) is 12.1. The maximum atomic E-state index is 13.7. The molecule has 0 radical (unpaired) electrons. The highest BCUT2D eigenvalue weighted by Crippen LogP contribution is 2.34. The number of nitrogens with one attached hydrogen (secondary N) is 1. The van der Waals surface area contributed by atoms with Crippen molar-refractivity contribution in [1.29, 1.82) is 0 Å². The highest BCUT2D eigenvalue weighted by molar-refractivity contribution is 7.92. The van der Waals surface area contributed by atoms with E-state index in [0.29, 0.717) is 24.7 Å². The number of sulfonamides is 1. The Labute approximate surface area is 162 Å². The number of rotatable bonds is 7. The summed E-state index contributed by atoms with van der Waals surface area (Å²) in [6, 6.07) is 9.21. The summed E-state index contributed by atoms with van der Waals surface area (Å²) in [5.74, 6) is -0.439. The number of amides is 1. The van der Waals surface area contributed by atoms with E-state index in [2.05, 4.69) is 11.9 Å². The summed E-state index contributed by atoms with van der Waals surface area (Å²) < 4.78 is 51.9. The van der Waals surface area contributed by atoms with Gasteiger partial charge in [0.25, 0.3) is 10.0 Å². The summed E-state index contributed by atoms with van der Waals surface area (Å²) in [5.41, 5.74) is 0.0312. The molecule has 3 rings (SSSR count). The Hall–Kier alpha value is -3.07. The fourth-order valence-electron chi connectivity index (χ4n) is 2.63. The molecular formula is C19H19FN2O5S. The number of hydrogen-bond acceptors (Lipinski definition) is 5. The Kier molecular flexibility index (Phi) is 5.84. The molecule has 1 aliphatic heterocycles. The van der Waals surface area contributed by atoms with E-state index in [1.807, 2.05) is 0 Å². The number of hydrogen-bond donors (Lipinski definition) is 1. The Morgan fingerprint density at radius 3 is 2.64 bits per heavy atom.